The van der Waals surface area contributed by atoms with E-state index in [4.69, 9.17) is 5.26 Å². The van der Waals surface area contributed by atoms with Crippen LogP contribution in [0.2, 0.25) is 0 Å². The lowest BCUT2D eigenvalue weighted by molar-refractivity contribution is 1.15. The van der Waals surface area contributed by atoms with Crippen LogP contribution in [0.15, 0.2) is 49.1 Å². The summed E-state index contributed by atoms with van der Waals surface area (Å²) in [6.45, 7) is 0. The third-order valence-electron chi connectivity index (χ3n) is 3.30. The van der Waals surface area contributed by atoms with Gasteiger partial charge < -0.3 is 10.3 Å². The van der Waals surface area contributed by atoms with E-state index in [2.05, 4.69) is 35.2 Å². The number of nitrogens with one attached hydrogen (secondary N) is 2. The normalized spacial score (nSPS) is 10.5. The minimum atomic E-state index is 0.260. The molecule has 4 heterocycles. The lowest BCUT2D eigenvalue weighted by Crippen LogP contribution is -1.97. The number of nitriles is 1. The highest BCUT2D eigenvalue weighted by Crippen LogP contribution is 2.21. The van der Waals surface area contributed by atoms with Crippen molar-refractivity contribution in [3.63, 3.8) is 0 Å². The minimum absolute atomic E-state index is 0.260. The number of rotatable bonds is 3. The van der Waals surface area contributed by atoms with Gasteiger partial charge in [-0.2, -0.15) is 5.26 Å². The molecule has 0 unspecified atom stereocenters. The third-order valence-corrected chi connectivity index (χ3v) is 3.30. The fraction of sp³-hybridized carbons (Fsp3) is 0. The van der Waals surface area contributed by atoms with Gasteiger partial charge in [0.15, 0.2) is 11.5 Å². The first-order valence-corrected chi connectivity index (χ1v) is 7.08. The van der Waals surface area contributed by atoms with Gasteiger partial charge in [0.1, 0.15) is 23.4 Å². The number of fused-ring (bicyclic) bond motifs is 1. The first-order valence-electron chi connectivity index (χ1n) is 7.08. The van der Waals surface area contributed by atoms with Gasteiger partial charge >= 0.3 is 0 Å². The molecule has 0 spiro atoms. The molecule has 0 radical (unpaired) electrons. The molecule has 8 nitrogen and oxygen atoms in total. The minimum Gasteiger partial charge on any atom is -0.335 e. The lowest BCUT2D eigenvalue weighted by atomic mass is 10.3. The number of hydrogen-bond acceptors (Lipinski definition) is 7. The van der Waals surface area contributed by atoms with Crippen LogP contribution in [0.4, 0.5) is 11.6 Å². The van der Waals surface area contributed by atoms with Crippen LogP contribution in [0.1, 0.15) is 5.69 Å². The Morgan fingerprint density at radius 1 is 1.00 bits per heavy atom. The maximum absolute atomic E-state index is 8.73. The van der Waals surface area contributed by atoms with Gasteiger partial charge in [0, 0.05) is 12.3 Å². The molecule has 0 atom stereocenters. The Balaban J connectivity index is 1.64. The van der Waals surface area contributed by atoms with Crippen molar-refractivity contribution >= 4 is 22.7 Å². The van der Waals surface area contributed by atoms with Crippen molar-refractivity contribution in [2.24, 2.45) is 0 Å². The molecule has 4 aromatic heterocycles. The van der Waals surface area contributed by atoms with E-state index in [1.54, 1.807) is 18.5 Å². The standard InChI is InChI=1S/C16H10N8/c17-6-10-7-20-15(9-19-10)24-14-5-12-13(8-21-14)23-16(22-12)11-3-1-2-4-18-11/h1-5,7-9H,(H,22,23)(H,20,21,24). The molecule has 4 aromatic rings. The molecule has 114 valence electrons. The van der Waals surface area contributed by atoms with Gasteiger partial charge in [-0.1, -0.05) is 6.07 Å². The zero-order chi connectivity index (χ0) is 16.4. The van der Waals surface area contributed by atoms with Crippen molar-refractivity contribution in [1.29, 1.82) is 5.26 Å². The van der Waals surface area contributed by atoms with Gasteiger partial charge in [-0.3, -0.25) is 4.98 Å². The Morgan fingerprint density at radius 2 is 1.92 bits per heavy atom. The van der Waals surface area contributed by atoms with Crippen LogP contribution in [0.5, 0.6) is 0 Å². The van der Waals surface area contributed by atoms with Crippen LogP contribution < -0.4 is 5.32 Å². The van der Waals surface area contributed by atoms with Crippen molar-refractivity contribution in [3.05, 3.63) is 54.7 Å². The highest BCUT2D eigenvalue weighted by molar-refractivity contribution is 5.80. The Morgan fingerprint density at radius 3 is 2.67 bits per heavy atom. The molecule has 0 aliphatic heterocycles. The molecular formula is C16H10N8. The van der Waals surface area contributed by atoms with Gasteiger partial charge in [-0.25, -0.2) is 19.9 Å². The molecule has 0 aliphatic rings. The fourth-order valence-electron chi connectivity index (χ4n) is 2.18. The van der Waals surface area contributed by atoms with Crippen LogP contribution in [0.25, 0.3) is 22.6 Å². The van der Waals surface area contributed by atoms with Gasteiger partial charge in [-0.15, -0.1) is 0 Å². The SMILES string of the molecule is N#Cc1cnc(Nc2cc3nc(-c4ccccn4)[nH]c3cn2)cn1. The number of hydrogen-bond donors (Lipinski definition) is 2. The van der Waals surface area contributed by atoms with E-state index in [0.29, 0.717) is 17.5 Å². The van der Waals surface area contributed by atoms with E-state index >= 15 is 0 Å². The zero-order valence-corrected chi connectivity index (χ0v) is 12.3. The van der Waals surface area contributed by atoms with Crippen molar-refractivity contribution < 1.29 is 0 Å². The molecule has 0 saturated heterocycles. The van der Waals surface area contributed by atoms with Crippen molar-refractivity contribution in [2.75, 3.05) is 5.32 Å². The summed E-state index contributed by atoms with van der Waals surface area (Å²) in [5, 5.41) is 11.8. The maximum atomic E-state index is 8.73. The summed E-state index contributed by atoms with van der Waals surface area (Å²) in [6, 6.07) is 9.38. The molecular weight excluding hydrogens is 304 g/mol. The second-order valence-corrected chi connectivity index (χ2v) is 4.91. The molecule has 0 amide bonds. The number of imidazole rings is 1. The fourth-order valence-corrected chi connectivity index (χ4v) is 2.18. The van der Waals surface area contributed by atoms with E-state index < -0.39 is 0 Å². The maximum Gasteiger partial charge on any atom is 0.158 e. The van der Waals surface area contributed by atoms with E-state index in [-0.39, 0.29) is 5.69 Å². The molecule has 0 aliphatic carbocycles. The summed E-state index contributed by atoms with van der Waals surface area (Å²) < 4.78 is 0. The summed E-state index contributed by atoms with van der Waals surface area (Å²) in [6.07, 6.45) is 6.29. The smallest absolute Gasteiger partial charge is 0.158 e. The van der Waals surface area contributed by atoms with Gasteiger partial charge in [0.05, 0.1) is 29.6 Å². The number of aromatic amines is 1. The summed E-state index contributed by atoms with van der Waals surface area (Å²) in [7, 11) is 0. The Labute approximate surface area is 136 Å². The van der Waals surface area contributed by atoms with Crippen LogP contribution in [-0.2, 0) is 0 Å². The Hall–Kier alpha value is -3.86. The number of H-pyrrole nitrogens is 1. The summed E-state index contributed by atoms with van der Waals surface area (Å²) in [5.41, 5.74) is 2.60. The molecule has 0 bridgehead atoms. The third kappa shape index (κ3) is 2.62. The van der Waals surface area contributed by atoms with Crippen LogP contribution >= 0.6 is 0 Å². The average molecular weight is 314 g/mol. The second kappa shape index (κ2) is 5.73. The Kier molecular flexibility index (Phi) is 3.29. The molecule has 4 rings (SSSR count). The quantitative estimate of drug-likeness (QED) is 0.596. The van der Waals surface area contributed by atoms with Crippen LogP contribution in [0.3, 0.4) is 0 Å². The van der Waals surface area contributed by atoms with E-state index in [1.165, 1.54) is 12.4 Å². The van der Waals surface area contributed by atoms with E-state index in [0.717, 1.165) is 16.7 Å². The highest BCUT2D eigenvalue weighted by Gasteiger charge is 2.08. The molecule has 0 saturated carbocycles. The summed E-state index contributed by atoms with van der Waals surface area (Å²) >= 11 is 0. The van der Waals surface area contributed by atoms with Crippen molar-refractivity contribution in [3.8, 4) is 17.6 Å². The second-order valence-electron chi connectivity index (χ2n) is 4.91. The first-order chi connectivity index (χ1) is 11.8. The number of aromatic nitrogens is 6. The predicted octanol–water partition coefficient (Wildman–Crippen LogP) is 2.43. The molecule has 2 N–H and O–H groups in total. The number of anilines is 2. The number of nitrogens with zero attached hydrogens (tertiary/aromatic N) is 6. The van der Waals surface area contributed by atoms with Crippen LogP contribution in [-0.4, -0.2) is 29.9 Å². The Bertz CT molecular complexity index is 1030. The molecule has 0 aromatic carbocycles. The van der Waals surface area contributed by atoms with Crippen molar-refractivity contribution in [2.45, 2.75) is 0 Å². The molecule has 24 heavy (non-hydrogen) atoms. The highest BCUT2D eigenvalue weighted by atomic mass is 15.1. The largest absolute Gasteiger partial charge is 0.335 e. The van der Waals surface area contributed by atoms with Gasteiger partial charge in [0.25, 0.3) is 0 Å². The summed E-state index contributed by atoms with van der Waals surface area (Å²) in [5.74, 6) is 1.77. The van der Waals surface area contributed by atoms with Crippen LogP contribution in [0, 0.1) is 11.3 Å². The van der Waals surface area contributed by atoms with Gasteiger partial charge in [0.2, 0.25) is 0 Å². The molecule has 8 heteroatoms. The van der Waals surface area contributed by atoms with Gasteiger partial charge in [-0.05, 0) is 12.1 Å². The lowest BCUT2D eigenvalue weighted by Gasteiger charge is -2.03. The monoisotopic (exact) mass is 314 g/mol. The average Bonchev–Trinajstić information content (AvgIpc) is 3.06. The summed E-state index contributed by atoms with van der Waals surface area (Å²) in [4.78, 5) is 24.4. The topological polar surface area (TPSA) is 116 Å². The van der Waals surface area contributed by atoms with Crippen molar-refractivity contribution in [1.82, 2.24) is 29.9 Å². The predicted molar refractivity (Wildman–Crippen MR) is 87.1 cm³/mol. The first kappa shape index (κ1) is 13.8. The van der Waals surface area contributed by atoms with E-state index in [1.807, 2.05) is 24.3 Å². The zero-order valence-electron chi connectivity index (χ0n) is 12.3. The number of pyridine rings is 2. The molecule has 0 fully saturated rings. The van der Waals surface area contributed by atoms with E-state index in [9.17, 15) is 0 Å².